The zero-order chi connectivity index (χ0) is 13.1. The van der Waals surface area contributed by atoms with Gasteiger partial charge in [-0.05, 0) is 19.3 Å². The molecule has 2 saturated carbocycles. The standard InChI is InChI=1S/C8H11ClF2N2O3S.ClH/c9-7(1-2-7)17(15,16)13-6(14)8(12)3-4(8)5(10)11;/h4-5H,1-3,12H2,(H,13,14);1H/t4-,8+;/m0./s1. The van der Waals surface area contributed by atoms with Crippen LogP contribution in [-0.2, 0) is 14.8 Å². The van der Waals surface area contributed by atoms with E-state index in [1.807, 2.05) is 0 Å². The van der Waals surface area contributed by atoms with E-state index < -0.39 is 38.0 Å². The van der Waals surface area contributed by atoms with Crippen LogP contribution in [0.4, 0.5) is 8.78 Å². The summed E-state index contributed by atoms with van der Waals surface area (Å²) in [6.07, 6.45) is -2.50. The molecule has 0 unspecified atom stereocenters. The Morgan fingerprint density at radius 1 is 1.44 bits per heavy atom. The molecule has 106 valence electrons. The minimum absolute atomic E-state index is 0. The van der Waals surface area contributed by atoms with Gasteiger partial charge in [-0.15, -0.1) is 12.4 Å². The van der Waals surface area contributed by atoms with Gasteiger partial charge in [-0.3, -0.25) is 9.52 Å². The van der Waals surface area contributed by atoms with Crippen LogP contribution in [0.2, 0.25) is 0 Å². The number of rotatable bonds is 4. The van der Waals surface area contributed by atoms with Crippen LogP contribution in [0, 0.1) is 5.92 Å². The van der Waals surface area contributed by atoms with Gasteiger partial charge in [0.05, 0.1) is 0 Å². The van der Waals surface area contributed by atoms with E-state index in [4.69, 9.17) is 17.3 Å². The molecule has 2 aliphatic carbocycles. The van der Waals surface area contributed by atoms with Gasteiger partial charge < -0.3 is 5.73 Å². The van der Waals surface area contributed by atoms with Crippen LogP contribution in [0.1, 0.15) is 19.3 Å². The van der Waals surface area contributed by atoms with Crippen molar-refractivity contribution in [2.45, 2.75) is 35.4 Å². The third-order valence-electron chi connectivity index (χ3n) is 3.14. The lowest BCUT2D eigenvalue weighted by Crippen LogP contribution is -2.49. The number of amides is 1. The van der Waals surface area contributed by atoms with E-state index in [2.05, 4.69) is 0 Å². The van der Waals surface area contributed by atoms with E-state index in [-0.39, 0.29) is 31.7 Å². The van der Waals surface area contributed by atoms with Gasteiger partial charge in [0, 0.05) is 5.92 Å². The summed E-state index contributed by atoms with van der Waals surface area (Å²) in [6.45, 7) is 0. The van der Waals surface area contributed by atoms with Crippen molar-refractivity contribution in [3.05, 3.63) is 0 Å². The number of hydrogen-bond acceptors (Lipinski definition) is 4. The van der Waals surface area contributed by atoms with E-state index in [0.29, 0.717) is 0 Å². The fourth-order valence-electron chi connectivity index (χ4n) is 1.56. The smallest absolute Gasteiger partial charge is 0.254 e. The highest BCUT2D eigenvalue weighted by atomic mass is 35.5. The van der Waals surface area contributed by atoms with Gasteiger partial charge >= 0.3 is 0 Å². The van der Waals surface area contributed by atoms with Gasteiger partial charge in [0.1, 0.15) is 5.54 Å². The summed E-state index contributed by atoms with van der Waals surface area (Å²) < 4.78 is 48.0. The van der Waals surface area contributed by atoms with Crippen molar-refractivity contribution in [1.82, 2.24) is 4.72 Å². The molecule has 10 heteroatoms. The molecule has 0 aromatic carbocycles. The lowest BCUT2D eigenvalue weighted by atomic mass is 10.2. The molecule has 5 nitrogen and oxygen atoms in total. The molecular formula is C8H12Cl2F2N2O3S. The second kappa shape index (κ2) is 4.43. The summed E-state index contributed by atoms with van der Waals surface area (Å²) in [7, 11) is -4.04. The van der Waals surface area contributed by atoms with E-state index >= 15 is 0 Å². The highest BCUT2D eigenvalue weighted by Crippen LogP contribution is 2.49. The van der Waals surface area contributed by atoms with Crippen molar-refractivity contribution in [2.24, 2.45) is 11.7 Å². The molecule has 2 fully saturated rings. The predicted molar refractivity (Wildman–Crippen MR) is 63.2 cm³/mol. The Labute approximate surface area is 114 Å². The number of carbonyl (C=O) groups is 1. The summed E-state index contributed by atoms with van der Waals surface area (Å²) in [6, 6.07) is 0. The zero-order valence-electron chi connectivity index (χ0n) is 9.03. The van der Waals surface area contributed by atoms with Crippen LogP contribution in [0.3, 0.4) is 0 Å². The quantitative estimate of drug-likeness (QED) is 0.740. The van der Waals surface area contributed by atoms with Crippen LogP contribution < -0.4 is 10.5 Å². The summed E-state index contributed by atoms with van der Waals surface area (Å²) in [5, 5.41) is 0. The van der Waals surface area contributed by atoms with E-state index in [1.165, 1.54) is 0 Å². The predicted octanol–water partition coefficient (Wildman–Crippen LogP) is 0.566. The highest BCUT2D eigenvalue weighted by Gasteiger charge is 2.63. The molecule has 0 heterocycles. The van der Waals surface area contributed by atoms with Crippen molar-refractivity contribution >= 4 is 39.9 Å². The van der Waals surface area contributed by atoms with Crippen LogP contribution in [0.25, 0.3) is 0 Å². The second-order valence-electron chi connectivity index (χ2n) is 4.50. The highest BCUT2D eigenvalue weighted by molar-refractivity contribution is 7.93. The first kappa shape index (κ1) is 15.9. The zero-order valence-corrected chi connectivity index (χ0v) is 11.4. The van der Waals surface area contributed by atoms with Gasteiger partial charge in [-0.25, -0.2) is 17.2 Å². The molecule has 0 aliphatic heterocycles. The Hall–Kier alpha value is -0.180. The molecule has 0 spiro atoms. The van der Waals surface area contributed by atoms with E-state index in [9.17, 15) is 22.0 Å². The van der Waals surface area contributed by atoms with Gasteiger partial charge in [-0.2, -0.15) is 0 Å². The summed E-state index contributed by atoms with van der Waals surface area (Å²) in [5.41, 5.74) is 3.62. The van der Waals surface area contributed by atoms with Crippen molar-refractivity contribution in [2.75, 3.05) is 0 Å². The number of alkyl halides is 3. The number of nitrogens with two attached hydrogens (primary N) is 1. The molecule has 2 aliphatic rings. The average Bonchev–Trinajstić information content (AvgIpc) is 3.04. The second-order valence-corrected chi connectivity index (χ2v) is 7.44. The maximum Gasteiger partial charge on any atom is 0.254 e. The molecule has 1 amide bonds. The number of halogens is 4. The normalized spacial score (nSPS) is 32.6. The average molecular weight is 325 g/mol. The Kier molecular flexibility index (Phi) is 3.91. The van der Waals surface area contributed by atoms with Gasteiger partial charge in [0.2, 0.25) is 6.43 Å². The third kappa shape index (κ3) is 2.43. The monoisotopic (exact) mass is 324 g/mol. The first-order valence-corrected chi connectivity index (χ1v) is 6.81. The number of nitrogens with one attached hydrogen (secondary N) is 1. The number of hydrogen-bond donors (Lipinski definition) is 2. The summed E-state index contributed by atoms with van der Waals surface area (Å²) in [4.78, 5) is 11.5. The molecule has 18 heavy (non-hydrogen) atoms. The molecule has 3 N–H and O–H groups in total. The van der Waals surface area contributed by atoms with E-state index in [0.717, 1.165) is 0 Å². The summed E-state index contributed by atoms with van der Waals surface area (Å²) >= 11 is 5.66. The summed E-state index contributed by atoms with van der Waals surface area (Å²) in [5.74, 6) is -2.39. The fourth-order valence-corrected chi connectivity index (χ4v) is 3.02. The maximum atomic E-state index is 12.3. The maximum absolute atomic E-state index is 12.3. The number of carbonyl (C=O) groups excluding carboxylic acids is 1. The minimum Gasteiger partial charge on any atom is -0.317 e. The fraction of sp³-hybridized carbons (Fsp3) is 0.875. The molecule has 0 aromatic rings. The molecule has 0 bridgehead atoms. The largest absolute Gasteiger partial charge is 0.317 e. The molecule has 0 aromatic heterocycles. The molecule has 0 radical (unpaired) electrons. The Bertz CT molecular complexity index is 469. The van der Waals surface area contributed by atoms with Crippen LogP contribution in [0.15, 0.2) is 0 Å². The van der Waals surface area contributed by atoms with Gasteiger partial charge in [0.15, 0.2) is 4.21 Å². The molecular weight excluding hydrogens is 313 g/mol. The molecule has 2 rings (SSSR count). The minimum atomic E-state index is -4.04. The Balaban J connectivity index is 0.00000162. The number of sulfonamides is 1. The van der Waals surface area contributed by atoms with Gasteiger partial charge in [-0.1, -0.05) is 11.6 Å². The van der Waals surface area contributed by atoms with E-state index in [1.54, 1.807) is 4.72 Å². The Morgan fingerprint density at radius 2 is 1.94 bits per heavy atom. The SMILES string of the molecule is Cl.N[C@]1(C(=O)NS(=O)(=O)C2(Cl)CC2)C[C@H]1C(F)F. The lowest BCUT2D eigenvalue weighted by Gasteiger charge is -2.14. The van der Waals surface area contributed by atoms with Crippen molar-refractivity contribution < 1.29 is 22.0 Å². The molecule has 0 saturated heterocycles. The van der Waals surface area contributed by atoms with Crippen molar-refractivity contribution in [3.8, 4) is 0 Å². The topological polar surface area (TPSA) is 89.3 Å². The van der Waals surface area contributed by atoms with Crippen LogP contribution >= 0.6 is 24.0 Å². The third-order valence-corrected chi connectivity index (χ3v) is 5.95. The van der Waals surface area contributed by atoms with Crippen LogP contribution in [0.5, 0.6) is 0 Å². The molecule has 2 atom stereocenters. The van der Waals surface area contributed by atoms with Crippen molar-refractivity contribution in [1.29, 1.82) is 0 Å². The van der Waals surface area contributed by atoms with Crippen LogP contribution in [-0.4, -0.2) is 30.5 Å². The lowest BCUT2D eigenvalue weighted by molar-refractivity contribution is -0.122. The first-order valence-electron chi connectivity index (χ1n) is 4.95. The Morgan fingerprint density at radius 3 is 2.28 bits per heavy atom. The first-order chi connectivity index (χ1) is 7.62. The van der Waals surface area contributed by atoms with Gasteiger partial charge in [0.25, 0.3) is 15.9 Å². The van der Waals surface area contributed by atoms with Crippen molar-refractivity contribution in [3.63, 3.8) is 0 Å².